The van der Waals surface area contributed by atoms with E-state index in [1.165, 1.54) is 13.0 Å². The minimum Gasteiger partial charge on any atom is -0.480 e. The first kappa shape index (κ1) is 14.0. The molecule has 1 aliphatic rings. The van der Waals surface area contributed by atoms with Crippen molar-refractivity contribution in [2.75, 3.05) is 6.54 Å². The van der Waals surface area contributed by atoms with Crippen LogP contribution in [0.1, 0.15) is 18.4 Å². The number of sulfonamides is 1. The first-order valence-electron chi connectivity index (χ1n) is 5.85. The number of halogens is 1. The van der Waals surface area contributed by atoms with E-state index in [9.17, 15) is 17.6 Å². The Kier molecular flexibility index (Phi) is 3.60. The number of rotatable bonds is 3. The molecule has 2 rings (SSSR count). The Labute approximate surface area is 110 Å². The third-order valence-corrected chi connectivity index (χ3v) is 5.13. The van der Waals surface area contributed by atoms with Gasteiger partial charge in [0, 0.05) is 6.54 Å². The van der Waals surface area contributed by atoms with Crippen LogP contribution in [0.5, 0.6) is 0 Å². The molecule has 0 aromatic heterocycles. The molecule has 0 radical (unpaired) electrons. The van der Waals surface area contributed by atoms with Crippen LogP contribution in [0.4, 0.5) is 4.39 Å². The predicted molar refractivity (Wildman–Crippen MR) is 65.7 cm³/mol. The Morgan fingerprint density at radius 3 is 2.74 bits per heavy atom. The fraction of sp³-hybridized carbons (Fsp3) is 0.417. The molecule has 1 aliphatic heterocycles. The van der Waals surface area contributed by atoms with Gasteiger partial charge in [-0.05, 0) is 43.5 Å². The van der Waals surface area contributed by atoms with Crippen LogP contribution in [-0.2, 0) is 14.8 Å². The molecule has 0 aliphatic carbocycles. The maximum Gasteiger partial charge on any atom is 0.322 e. The van der Waals surface area contributed by atoms with E-state index in [1.54, 1.807) is 0 Å². The maximum atomic E-state index is 13.2. The highest BCUT2D eigenvalue weighted by Crippen LogP contribution is 2.27. The van der Waals surface area contributed by atoms with E-state index >= 15 is 0 Å². The Balaban J connectivity index is 2.42. The topological polar surface area (TPSA) is 74.7 Å². The van der Waals surface area contributed by atoms with Gasteiger partial charge in [-0.1, -0.05) is 0 Å². The number of carboxylic acids is 1. The smallest absolute Gasteiger partial charge is 0.322 e. The summed E-state index contributed by atoms with van der Waals surface area (Å²) in [7, 11) is -3.89. The van der Waals surface area contributed by atoms with Crippen molar-refractivity contribution in [3.05, 3.63) is 29.6 Å². The summed E-state index contributed by atoms with van der Waals surface area (Å²) in [6.45, 7) is 1.64. The molecule has 0 amide bonds. The lowest BCUT2D eigenvalue weighted by atomic mass is 10.2. The highest BCUT2D eigenvalue weighted by atomic mass is 32.2. The van der Waals surface area contributed by atoms with E-state index in [4.69, 9.17) is 5.11 Å². The number of benzene rings is 1. The third-order valence-electron chi connectivity index (χ3n) is 3.22. The zero-order valence-electron chi connectivity index (χ0n) is 10.3. The Hall–Kier alpha value is -1.47. The van der Waals surface area contributed by atoms with Gasteiger partial charge in [0.25, 0.3) is 0 Å². The Morgan fingerprint density at radius 2 is 2.16 bits per heavy atom. The summed E-state index contributed by atoms with van der Waals surface area (Å²) in [5.41, 5.74) is 0.215. The fourth-order valence-corrected chi connectivity index (χ4v) is 3.92. The molecule has 1 aromatic rings. The van der Waals surface area contributed by atoms with Gasteiger partial charge >= 0.3 is 5.97 Å². The van der Waals surface area contributed by atoms with Gasteiger partial charge in [-0.3, -0.25) is 4.79 Å². The summed E-state index contributed by atoms with van der Waals surface area (Å²) < 4.78 is 38.8. The van der Waals surface area contributed by atoms with E-state index in [-0.39, 0.29) is 17.0 Å². The van der Waals surface area contributed by atoms with Crippen molar-refractivity contribution in [3.8, 4) is 0 Å². The molecule has 7 heteroatoms. The van der Waals surface area contributed by atoms with Gasteiger partial charge in [-0.2, -0.15) is 4.31 Å². The SMILES string of the molecule is Cc1cc(S(=O)(=O)N2CCC[C@H]2C(=O)O)ccc1F. The first-order chi connectivity index (χ1) is 8.84. The van der Waals surface area contributed by atoms with Crippen LogP contribution in [0.2, 0.25) is 0 Å². The van der Waals surface area contributed by atoms with E-state index in [0.29, 0.717) is 12.8 Å². The molecule has 0 saturated carbocycles. The number of nitrogens with zero attached hydrogens (tertiary/aromatic N) is 1. The highest BCUT2D eigenvalue weighted by Gasteiger charge is 2.39. The van der Waals surface area contributed by atoms with Crippen molar-refractivity contribution < 1.29 is 22.7 Å². The average Bonchev–Trinajstić information content (AvgIpc) is 2.82. The summed E-state index contributed by atoms with van der Waals surface area (Å²) in [5, 5.41) is 9.03. The molecular formula is C12H14FNO4S. The van der Waals surface area contributed by atoms with Crippen LogP contribution >= 0.6 is 0 Å². The van der Waals surface area contributed by atoms with E-state index in [1.807, 2.05) is 0 Å². The molecule has 1 fully saturated rings. The van der Waals surface area contributed by atoms with Crippen LogP contribution < -0.4 is 0 Å². The Morgan fingerprint density at radius 1 is 1.47 bits per heavy atom. The third kappa shape index (κ3) is 2.48. The molecular weight excluding hydrogens is 273 g/mol. The number of aryl methyl sites for hydroxylation is 1. The molecule has 1 aromatic carbocycles. The van der Waals surface area contributed by atoms with Gasteiger partial charge in [0.1, 0.15) is 11.9 Å². The molecule has 0 unspecified atom stereocenters. The van der Waals surface area contributed by atoms with Crippen LogP contribution in [0, 0.1) is 12.7 Å². The van der Waals surface area contributed by atoms with E-state index in [2.05, 4.69) is 0 Å². The zero-order valence-corrected chi connectivity index (χ0v) is 11.2. The second-order valence-electron chi connectivity index (χ2n) is 4.52. The standard InChI is InChI=1S/C12H14FNO4S/c1-8-7-9(4-5-10(8)13)19(17,18)14-6-2-3-11(14)12(15)16/h4-5,7,11H,2-3,6H2,1H3,(H,15,16)/t11-/m0/s1. The lowest BCUT2D eigenvalue weighted by Gasteiger charge is -2.21. The summed E-state index contributed by atoms with van der Waals surface area (Å²) in [6.07, 6.45) is 0.811. The maximum absolute atomic E-state index is 13.2. The molecule has 104 valence electrons. The van der Waals surface area contributed by atoms with Crippen molar-refractivity contribution >= 4 is 16.0 Å². The number of aliphatic carboxylic acids is 1. The summed E-state index contributed by atoms with van der Waals surface area (Å²) in [4.78, 5) is 11.0. The van der Waals surface area contributed by atoms with Gasteiger partial charge in [-0.15, -0.1) is 0 Å². The van der Waals surface area contributed by atoms with Crippen molar-refractivity contribution in [2.24, 2.45) is 0 Å². The van der Waals surface area contributed by atoms with Crippen molar-refractivity contribution in [1.82, 2.24) is 4.31 Å². The van der Waals surface area contributed by atoms with Crippen LogP contribution in [-0.4, -0.2) is 36.4 Å². The fourth-order valence-electron chi connectivity index (χ4n) is 2.19. The van der Waals surface area contributed by atoms with Crippen molar-refractivity contribution in [2.45, 2.75) is 30.7 Å². The number of carboxylic acid groups (broad SMARTS) is 1. The average molecular weight is 287 g/mol. The van der Waals surface area contributed by atoms with Crippen LogP contribution in [0.15, 0.2) is 23.1 Å². The van der Waals surface area contributed by atoms with Crippen LogP contribution in [0.25, 0.3) is 0 Å². The number of carbonyl (C=O) groups is 1. The summed E-state index contributed by atoms with van der Waals surface area (Å²) in [5.74, 6) is -1.64. The summed E-state index contributed by atoms with van der Waals surface area (Å²) >= 11 is 0. The van der Waals surface area contributed by atoms with Gasteiger partial charge in [0.2, 0.25) is 10.0 Å². The molecule has 1 N–H and O–H groups in total. The van der Waals surface area contributed by atoms with E-state index in [0.717, 1.165) is 16.4 Å². The lowest BCUT2D eigenvalue weighted by molar-refractivity contribution is -0.140. The zero-order chi connectivity index (χ0) is 14.2. The largest absolute Gasteiger partial charge is 0.480 e. The summed E-state index contributed by atoms with van der Waals surface area (Å²) in [6, 6.07) is 2.43. The van der Waals surface area contributed by atoms with Crippen LogP contribution in [0.3, 0.4) is 0 Å². The normalized spacial score (nSPS) is 20.6. The predicted octanol–water partition coefficient (Wildman–Crippen LogP) is 1.37. The van der Waals surface area contributed by atoms with Crippen molar-refractivity contribution in [3.63, 3.8) is 0 Å². The molecule has 1 saturated heterocycles. The molecule has 19 heavy (non-hydrogen) atoms. The second kappa shape index (κ2) is 4.90. The molecule has 1 heterocycles. The molecule has 5 nitrogen and oxygen atoms in total. The quantitative estimate of drug-likeness (QED) is 0.911. The molecule has 1 atom stereocenters. The molecule has 0 spiro atoms. The monoisotopic (exact) mass is 287 g/mol. The Bertz CT molecular complexity index is 614. The first-order valence-corrected chi connectivity index (χ1v) is 7.29. The van der Waals surface area contributed by atoms with Gasteiger partial charge < -0.3 is 5.11 Å². The van der Waals surface area contributed by atoms with E-state index < -0.39 is 27.9 Å². The van der Waals surface area contributed by atoms with Gasteiger partial charge in [0.05, 0.1) is 4.90 Å². The molecule has 0 bridgehead atoms. The lowest BCUT2D eigenvalue weighted by Crippen LogP contribution is -2.40. The van der Waals surface area contributed by atoms with Crippen molar-refractivity contribution in [1.29, 1.82) is 0 Å². The number of hydrogen-bond acceptors (Lipinski definition) is 3. The van der Waals surface area contributed by atoms with Gasteiger partial charge in [0.15, 0.2) is 0 Å². The number of hydrogen-bond donors (Lipinski definition) is 1. The minimum absolute atomic E-state index is 0.0699. The highest BCUT2D eigenvalue weighted by molar-refractivity contribution is 7.89. The van der Waals surface area contributed by atoms with Gasteiger partial charge in [-0.25, -0.2) is 12.8 Å². The minimum atomic E-state index is -3.89. The second-order valence-corrected chi connectivity index (χ2v) is 6.41.